The zero-order chi connectivity index (χ0) is 35.8. The molecule has 8 heteroatoms. The highest BCUT2D eigenvalue weighted by molar-refractivity contribution is 5.21. The first kappa shape index (κ1) is 41.7. The molecule has 0 fully saturated rings. The number of halogens is 3. The third-order valence-electron chi connectivity index (χ3n) is 9.29. The quantitative estimate of drug-likeness (QED) is 0.0673. The van der Waals surface area contributed by atoms with E-state index in [0.717, 1.165) is 103 Å². The van der Waals surface area contributed by atoms with Crippen molar-refractivity contribution in [2.24, 2.45) is 17.8 Å². The van der Waals surface area contributed by atoms with E-state index in [1.165, 1.54) is 37.0 Å². The van der Waals surface area contributed by atoms with Crippen LogP contribution in [0.15, 0.2) is 96.2 Å². The summed E-state index contributed by atoms with van der Waals surface area (Å²) in [6.07, 6.45) is 23.6. The summed E-state index contributed by atoms with van der Waals surface area (Å²) in [6.45, 7) is 17.6. The van der Waals surface area contributed by atoms with Crippen molar-refractivity contribution in [3.05, 3.63) is 108 Å². The van der Waals surface area contributed by atoms with Crippen molar-refractivity contribution in [3.8, 4) is 0 Å². The van der Waals surface area contributed by atoms with Gasteiger partial charge >= 0.3 is 0 Å². The van der Waals surface area contributed by atoms with Gasteiger partial charge < -0.3 is 20.9 Å². The van der Waals surface area contributed by atoms with Crippen molar-refractivity contribution in [3.63, 3.8) is 0 Å². The summed E-state index contributed by atoms with van der Waals surface area (Å²) >= 11 is 0. The van der Waals surface area contributed by atoms with Crippen LogP contribution in [0, 0.1) is 23.6 Å². The van der Waals surface area contributed by atoms with Gasteiger partial charge in [0.25, 0.3) is 0 Å². The summed E-state index contributed by atoms with van der Waals surface area (Å²) in [5.41, 5.74) is 2.46. The highest BCUT2D eigenvalue weighted by Crippen LogP contribution is 2.17. The molecule has 278 valence electrons. The molecule has 0 saturated carbocycles. The molecule has 5 nitrogen and oxygen atoms in total. The van der Waals surface area contributed by atoms with E-state index in [2.05, 4.69) is 64.7 Å². The fourth-order valence-corrected chi connectivity index (χ4v) is 6.31. The zero-order valence-corrected chi connectivity index (χ0v) is 31.0. The van der Waals surface area contributed by atoms with Gasteiger partial charge in [0.05, 0.1) is 0 Å². The summed E-state index contributed by atoms with van der Waals surface area (Å²) in [7, 11) is 0. The average molecular weight is 696 g/mol. The second kappa shape index (κ2) is 25.2. The molecule has 3 N–H and O–H groups in total. The topological polar surface area (TPSA) is 42.6 Å². The zero-order valence-electron chi connectivity index (χ0n) is 31.0. The molecule has 3 unspecified atom stereocenters. The second-order valence-corrected chi connectivity index (χ2v) is 13.9. The fraction of sp³-hybridized carbons (Fsp3) is 0.571. The van der Waals surface area contributed by atoms with E-state index in [1.54, 1.807) is 24.3 Å². The first-order valence-corrected chi connectivity index (χ1v) is 19.1. The van der Waals surface area contributed by atoms with Gasteiger partial charge in [0, 0.05) is 72.0 Å². The Hall–Kier alpha value is -2.75. The van der Waals surface area contributed by atoms with Gasteiger partial charge in [-0.25, -0.2) is 13.2 Å². The van der Waals surface area contributed by atoms with Crippen molar-refractivity contribution in [1.82, 2.24) is 25.8 Å². The first-order chi connectivity index (χ1) is 24.3. The number of hydrogen-bond donors (Lipinski definition) is 3. The predicted molar refractivity (Wildman–Crippen MR) is 206 cm³/mol. The Morgan fingerprint density at radius 3 is 1.96 bits per heavy atom. The average Bonchev–Trinajstić information content (AvgIpc) is 3.11. The molecule has 50 heavy (non-hydrogen) atoms. The van der Waals surface area contributed by atoms with E-state index >= 15 is 0 Å². The van der Waals surface area contributed by atoms with Crippen LogP contribution in [0.25, 0.3) is 0 Å². The maximum Gasteiger partial charge on any atom is 0.123 e. The van der Waals surface area contributed by atoms with Crippen LogP contribution in [0.2, 0.25) is 0 Å². The monoisotopic (exact) mass is 696 g/mol. The summed E-state index contributed by atoms with van der Waals surface area (Å²) in [4.78, 5) is 5.08. The van der Waals surface area contributed by atoms with Gasteiger partial charge in [-0.2, -0.15) is 0 Å². The molecular formula is C42H64F3N5. The third-order valence-corrected chi connectivity index (χ3v) is 9.29. The van der Waals surface area contributed by atoms with Crippen LogP contribution >= 0.6 is 0 Å². The summed E-state index contributed by atoms with van der Waals surface area (Å²) in [6, 6.07) is 6.73. The molecule has 0 amide bonds. The Labute approximate surface area is 301 Å². The molecule has 0 bridgehead atoms. The van der Waals surface area contributed by atoms with E-state index in [1.807, 2.05) is 24.3 Å². The Morgan fingerprint density at radius 1 is 0.800 bits per heavy atom. The number of nitrogens with one attached hydrogen (secondary N) is 3. The van der Waals surface area contributed by atoms with Gasteiger partial charge in [-0.15, -0.1) is 0 Å². The smallest absolute Gasteiger partial charge is 0.123 e. The standard InChI is InChI=1S/C42H64F3N5/c1-4-6-7-26-49(27-23-46-30-36-11-17-40(43)18-12-36)34-39(8-5-2)10-9-35(3)33-50(28-24-47-31-37-13-19-41(44)20-14-37)29-25-48-32-38-15-21-42(45)22-16-38/h8-13,15,17-22,35,37-38,46-48H,4-7,14,16,23-34H2,1-3H3/b10-9-,39-8+. The summed E-state index contributed by atoms with van der Waals surface area (Å²) in [5.74, 6) is 0.586. The first-order valence-electron chi connectivity index (χ1n) is 19.1. The molecule has 0 aliphatic heterocycles. The van der Waals surface area contributed by atoms with Crippen molar-refractivity contribution < 1.29 is 13.2 Å². The summed E-state index contributed by atoms with van der Waals surface area (Å²) < 4.78 is 40.0. The molecule has 3 rings (SSSR count). The van der Waals surface area contributed by atoms with E-state index in [9.17, 15) is 13.2 Å². The minimum atomic E-state index is -0.198. The van der Waals surface area contributed by atoms with Crippen LogP contribution in [0.3, 0.4) is 0 Å². The lowest BCUT2D eigenvalue weighted by molar-refractivity contribution is 0.251. The maximum absolute atomic E-state index is 13.4. The van der Waals surface area contributed by atoms with Gasteiger partial charge in [-0.1, -0.05) is 76.1 Å². The number of nitrogens with zero attached hydrogens (tertiary/aromatic N) is 2. The van der Waals surface area contributed by atoms with Gasteiger partial charge in [0.15, 0.2) is 0 Å². The Kier molecular flexibility index (Phi) is 21.0. The molecule has 3 atom stereocenters. The molecular weight excluding hydrogens is 631 g/mol. The minimum Gasteiger partial charge on any atom is -0.315 e. The van der Waals surface area contributed by atoms with Gasteiger partial charge in [-0.3, -0.25) is 4.90 Å². The van der Waals surface area contributed by atoms with Gasteiger partial charge in [0.1, 0.15) is 17.5 Å². The molecule has 2 aliphatic rings. The minimum absolute atomic E-state index is 0.136. The van der Waals surface area contributed by atoms with Crippen molar-refractivity contribution in [2.45, 2.75) is 65.8 Å². The van der Waals surface area contributed by atoms with Crippen LogP contribution in [0.1, 0.15) is 64.9 Å². The van der Waals surface area contributed by atoms with Crippen molar-refractivity contribution >= 4 is 0 Å². The lowest BCUT2D eigenvalue weighted by atomic mass is 10.0. The number of unbranched alkanes of at least 4 members (excludes halogenated alkanes) is 2. The van der Waals surface area contributed by atoms with Crippen molar-refractivity contribution in [2.75, 3.05) is 72.0 Å². The highest BCUT2D eigenvalue weighted by atomic mass is 19.1. The lowest BCUT2D eigenvalue weighted by Crippen LogP contribution is -2.40. The van der Waals surface area contributed by atoms with E-state index in [0.29, 0.717) is 17.8 Å². The molecule has 0 radical (unpaired) electrons. The van der Waals surface area contributed by atoms with Crippen LogP contribution in [0.4, 0.5) is 13.2 Å². The van der Waals surface area contributed by atoms with E-state index in [-0.39, 0.29) is 17.5 Å². The van der Waals surface area contributed by atoms with E-state index in [4.69, 9.17) is 0 Å². The Balaban J connectivity index is 1.51. The van der Waals surface area contributed by atoms with Gasteiger partial charge in [-0.05, 0) is 97.6 Å². The lowest BCUT2D eigenvalue weighted by Gasteiger charge is -2.26. The largest absolute Gasteiger partial charge is 0.315 e. The van der Waals surface area contributed by atoms with Crippen LogP contribution in [-0.2, 0) is 6.54 Å². The number of benzene rings is 1. The molecule has 0 saturated heterocycles. The normalized spacial score (nSPS) is 18.8. The third kappa shape index (κ3) is 18.5. The predicted octanol–water partition coefficient (Wildman–Crippen LogP) is 8.28. The van der Waals surface area contributed by atoms with Gasteiger partial charge in [0.2, 0.25) is 0 Å². The number of hydrogen-bond acceptors (Lipinski definition) is 5. The Morgan fingerprint density at radius 2 is 1.40 bits per heavy atom. The second-order valence-electron chi connectivity index (χ2n) is 13.9. The maximum atomic E-state index is 13.4. The molecule has 1 aromatic rings. The molecule has 0 spiro atoms. The molecule has 0 heterocycles. The number of allylic oxidation sites excluding steroid dienone is 7. The number of rotatable bonds is 26. The van der Waals surface area contributed by atoms with Crippen LogP contribution in [0.5, 0.6) is 0 Å². The Bertz CT molecular complexity index is 1210. The summed E-state index contributed by atoms with van der Waals surface area (Å²) in [5, 5.41) is 10.7. The SMILES string of the molecule is CC/C=C(\C=C/C(C)CN(CCNCC1C=CC(F)=CC1)CCNCC1C=CC(F)=CC1)CN(CCCCC)CCNCc1ccc(F)cc1. The van der Waals surface area contributed by atoms with Crippen LogP contribution < -0.4 is 16.0 Å². The van der Waals surface area contributed by atoms with E-state index < -0.39 is 0 Å². The fourth-order valence-electron chi connectivity index (χ4n) is 6.31. The molecule has 1 aromatic carbocycles. The molecule has 2 aliphatic carbocycles. The van der Waals surface area contributed by atoms with Crippen molar-refractivity contribution in [1.29, 1.82) is 0 Å². The highest BCUT2D eigenvalue weighted by Gasteiger charge is 2.13. The molecule has 0 aromatic heterocycles. The van der Waals surface area contributed by atoms with Crippen LogP contribution in [-0.4, -0.2) is 81.8 Å².